The van der Waals surface area contributed by atoms with Gasteiger partial charge >= 0.3 is 0 Å². The Morgan fingerprint density at radius 1 is 1.27 bits per heavy atom. The summed E-state index contributed by atoms with van der Waals surface area (Å²) in [4.78, 5) is 25.4. The molecule has 0 unspecified atom stereocenters. The number of aromatic nitrogens is 3. The maximum Gasteiger partial charge on any atom is 0.287 e. The van der Waals surface area contributed by atoms with Gasteiger partial charge in [-0.3, -0.25) is 9.79 Å². The van der Waals surface area contributed by atoms with Gasteiger partial charge in [-0.2, -0.15) is 4.39 Å². The second-order valence-corrected chi connectivity index (χ2v) is 5.17. The molecular weight excluding hydrogens is 344 g/mol. The van der Waals surface area contributed by atoms with Gasteiger partial charge in [0.1, 0.15) is 11.5 Å². The number of nitrogens with two attached hydrogens (primary N) is 1. The number of nitrogens with zero attached hydrogens (tertiary/aromatic N) is 3. The summed E-state index contributed by atoms with van der Waals surface area (Å²) in [7, 11) is 0. The Morgan fingerprint density at radius 2 is 2.08 bits per heavy atom. The highest BCUT2D eigenvalue weighted by atomic mass is 19.1. The van der Waals surface area contributed by atoms with E-state index < -0.39 is 17.2 Å². The lowest BCUT2D eigenvalue weighted by Crippen LogP contribution is -2.17. The fraction of sp³-hybridized carbons (Fsp3) is 0.0588. The number of aliphatic imine (C=N–C) groups is 1. The van der Waals surface area contributed by atoms with Gasteiger partial charge in [-0.25, -0.2) is 14.4 Å². The lowest BCUT2D eigenvalue weighted by atomic mass is 10.2. The number of rotatable bonds is 5. The predicted octanol–water partition coefficient (Wildman–Crippen LogP) is 2.03. The third-order valence-electron chi connectivity index (χ3n) is 3.38. The van der Waals surface area contributed by atoms with Gasteiger partial charge < -0.3 is 15.1 Å². The third-order valence-corrected chi connectivity index (χ3v) is 3.38. The Bertz CT molecular complexity index is 1030. The van der Waals surface area contributed by atoms with Crippen molar-refractivity contribution in [2.24, 2.45) is 10.7 Å². The average Bonchev–Trinajstić information content (AvgIpc) is 3.16. The molecule has 0 radical (unpaired) electrons. The van der Waals surface area contributed by atoms with Gasteiger partial charge in [0.25, 0.3) is 5.56 Å². The van der Waals surface area contributed by atoms with Crippen LogP contribution in [-0.4, -0.2) is 20.7 Å². The van der Waals surface area contributed by atoms with E-state index in [1.165, 1.54) is 24.7 Å². The highest BCUT2D eigenvalue weighted by molar-refractivity contribution is 6.09. The molecule has 3 N–H and O–H groups in total. The quantitative estimate of drug-likeness (QED) is 0.679. The van der Waals surface area contributed by atoms with Crippen molar-refractivity contribution in [3.63, 3.8) is 0 Å². The molecule has 0 aliphatic rings. The van der Waals surface area contributed by atoms with Crippen molar-refractivity contribution in [1.82, 2.24) is 15.0 Å². The minimum Gasteiger partial charge on any atom is -0.442 e. The Kier molecular flexibility index (Phi) is 4.97. The van der Waals surface area contributed by atoms with Crippen LogP contribution in [0.15, 0.2) is 63.3 Å². The number of nitrogens with one attached hydrogen (secondary N) is 1. The van der Waals surface area contributed by atoms with E-state index in [0.29, 0.717) is 5.56 Å². The molecule has 2 heterocycles. The molecular formula is C17H13F2N5O2. The van der Waals surface area contributed by atoms with Crippen molar-refractivity contribution in [3.05, 3.63) is 88.3 Å². The van der Waals surface area contributed by atoms with Gasteiger partial charge in [0.15, 0.2) is 18.0 Å². The number of H-pyrrole nitrogens is 1. The van der Waals surface area contributed by atoms with Crippen LogP contribution in [0.1, 0.15) is 17.1 Å². The fourth-order valence-electron chi connectivity index (χ4n) is 2.08. The van der Waals surface area contributed by atoms with Crippen LogP contribution >= 0.6 is 0 Å². The first-order valence-electron chi connectivity index (χ1n) is 7.43. The largest absolute Gasteiger partial charge is 0.442 e. The van der Waals surface area contributed by atoms with Crippen LogP contribution in [0.2, 0.25) is 0 Å². The van der Waals surface area contributed by atoms with Gasteiger partial charge in [0.2, 0.25) is 5.82 Å². The van der Waals surface area contributed by atoms with Gasteiger partial charge in [-0.1, -0.05) is 18.2 Å². The number of benzene rings is 1. The monoisotopic (exact) mass is 357 g/mol. The fourth-order valence-corrected chi connectivity index (χ4v) is 2.08. The van der Waals surface area contributed by atoms with E-state index in [2.05, 4.69) is 19.9 Å². The number of hydrogen-bond donors (Lipinski definition) is 2. The van der Waals surface area contributed by atoms with Crippen molar-refractivity contribution in [3.8, 4) is 0 Å². The van der Waals surface area contributed by atoms with E-state index in [0.717, 1.165) is 6.20 Å². The Hall–Kier alpha value is -3.62. The number of halogens is 2. The van der Waals surface area contributed by atoms with Crippen LogP contribution in [0, 0.1) is 11.6 Å². The summed E-state index contributed by atoms with van der Waals surface area (Å²) in [5.74, 6) is -1.16. The van der Waals surface area contributed by atoms with Crippen LogP contribution in [0.5, 0.6) is 0 Å². The van der Waals surface area contributed by atoms with E-state index in [1.54, 1.807) is 18.2 Å². The topological polar surface area (TPSA) is 110 Å². The molecule has 0 bridgehead atoms. The Balaban J connectivity index is 1.96. The lowest BCUT2D eigenvalue weighted by molar-refractivity contribution is 0.549. The molecule has 132 valence electrons. The summed E-state index contributed by atoms with van der Waals surface area (Å²) in [6.07, 6.45) is 4.75. The number of hydrogen-bond acceptors (Lipinski definition) is 6. The van der Waals surface area contributed by atoms with Gasteiger partial charge in [-0.15, -0.1) is 0 Å². The van der Waals surface area contributed by atoms with Crippen LogP contribution in [0.3, 0.4) is 0 Å². The molecule has 0 aliphatic heterocycles. The molecule has 2 aromatic heterocycles. The third kappa shape index (κ3) is 3.89. The van der Waals surface area contributed by atoms with Crippen LogP contribution in [0.25, 0.3) is 5.70 Å². The van der Waals surface area contributed by atoms with Gasteiger partial charge in [0, 0.05) is 5.56 Å². The molecule has 0 spiro atoms. The summed E-state index contributed by atoms with van der Waals surface area (Å²) in [6.45, 7) is 0.0276. The Labute approximate surface area is 145 Å². The molecule has 0 saturated heterocycles. The molecule has 3 aromatic rings. The molecule has 0 fully saturated rings. The molecule has 26 heavy (non-hydrogen) atoms. The number of allylic oxidation sites excluding steroid dienone is 1. The van der Waals surface area contributed by atoms with E-state index in [-0.39, 0.29) is 29.5 Å². The zero-order valence-corrected chi connectivity index (χ0v) is 13.3. The molecule has 0 amide bonds. The minimum atomic E-state index is -1.02. The summed E-state index contributed by atoms with van der Waals surface area (Å²) >= 11 is 0. The summed E-state index contributed by atoms with van der Waals surface area (Å²) in [6, 6.07) is 6.20. The van der Waals surface area contributed by atoms with Crippen molar-refractivity contribution >= 4 is 11.4 Å². The van der Waals surface area contributed by atoms with E-state index in [4.69, 9.17) is 10.2 Å². The highest BCUT2D eigenvalue weighted by Crippen LogP contribution is 2.11. The maximum atomic E-state index is 13.8. The molecule has 0 aliphatic carbocycles. The van der Waals surface area contributed by atoms with Crippen molar-refractivity contribution in [1.29, 1.82) is 0 Å². The van der Waals surface area contributed by atoms with Crippen LogP contribution < -0.4 is 11.3 Å². The SMILES string of the molecule is NC(=CC(=NCc1ccccc1F)c1cnco1)c1ncc(F)c(=O)[nH]1. The first kappa shape index (κ1) is 17.2. The summed E-state index contributed by atoms with van der Waals surface area (Å²) in [5, 5.41) is 0. The molecule has 0 saturated carbocycles. The molecule has 7 nitrogen and oxygen atoms in total. The first-order chi connectivity index (χ1) is 12.5. The highest BCUT2D eigenvalue weighted by Gasteiger charge is 2.10. The minimum absolute atomic E-state index is 0.0192. The van der Waals surface area contributed by atoms with Crippen LogP contribution in [0.4, 0.5) is 8.78 Å². The first-order valence-corrected chi connectivity index (χ1v) is 7.43. The normalized spacial score (nSPS) is 12.4. The van der Waals surface area contributed by atoms with E-state index in [1.807, 2.05) is 0 Å². The maximum absolute atomic E-state index is 13.8. The van der Waals surface area contributed by atoms with Crippen molar-refractivity contribution < 1.29 is 13.2 Å². The number of oxazole rings is 1. The van der Waals surface area contributed by atoms with Gasteiger partial charge in [-0.05, 0) is 12.1 Å². The second-order valence-electron chi connectivity index (χ2n) is 5.17. The zero-order valence-electron chi connectivity index (χ0n) is 13.3. The molecule has 1 aromatic carbocycles. The van der Waals surface area contributed by atoms with Crippen molar-refractivity contribution in [2.75, 3.05) is 0 Å². The lowest BCUT2D eigenvalue weighted by Gasteiger charge is -2.04. The average molecular weight is 357 g/mol. The summed E-state index contributed by atoms with van der Waals surface area (Å²) < 4.78 is 32.0. The van der Waals surface area contributed by atoms with Crippen molar-refractivity contribution in [2.45, 2.75) is 6.54 Å². The molecule has 9 heteroatoms. The predicted molar refractivity (Wildman–Crippen MR) is 90.1 cm³/mol. The van der Waals surface area contributed by atoms with Gasteiger partial charge in [0.05, 0.1) is 24.6 Å². The Morgan fingerprint density at radius 3 is 2.77 bits per heavy atom. The second kappa shape index (κ2) is 7.51. The van der Waals surface area contributed by atoms with E-state index in [9.17, 15) is 13.6 Å². The van der Waals surface area contributed by atoms with Crippen LogP contribution in [-0.2, 0) is 6.54 Å². The number of aromatic amines is 1. The molecule has 3 rings (SSSR count). The zero-order chi connectivity index (χ0) is 18.5. The molecule has 0 atom stereocenters. The standard InChI is InChI=1S/C17H13F2N5O2/c18-11-4-2-1-3-10(11)6-22-14(15-8-21-9-26-15)5-13(20)16-23-7-12(19)17(25)24-16/h1-5,7-9H,6,20H2,(H,23,24,25). The summed E-state index contributed by atoms with van der Waals surface area (Å²) in [5.41, 5.74) is 5.62. The smallest absolute Gasteiger partial charge is 0.287 e. The van der Waals surface area contributed by atoms with E-state index >= 15 is 0 Å².